The normalized spacial score (nSPS) is 20.1. The van der Waals surface area contributed by atoms with Crippen molar-refractivity contribution in [1.29, 1.82) is 0 Å². The molecule has 59 heavy (non-hydrogen) atoms. The van der Waals surface area contributed by atoms with E-state index in [4.69, 9.17) is 28.9 Å². The lowest BCUT2D eigenvalue weighted by Gasteiger charge is -2.32. The fourth-order valence-electron chi connectivity index (χ4n) is 8.09. The Kier molecular flexibility index (Phi) is 12.5. The van der Waals surface area contributed by atoms with Gasteiger partial charge in [-0.15, -0.1) is 11.3 Å². The Balaban J connectivity index is 1.12. The Morgan fingerprint density at radius 1 is 0.864 bits per heavy atom. The second-order valence-corrected chi connectivity index (χ2v) is 19.0. The maximum absolute atomic E-state index is 14.0. The van der Waals surface area contributed by atoms with Crippen LogP contribution in [0.2, 0.25) is 0 Å². The van der Waals surface area contributed by atoms with Crippen molar-refractivity contribution in [3.63, 3.8) is 0 Å². The summed E-state index contributed by atoms with van der Waals surface area (Å²) in [5.41, 5.74) is 3.80. The number of nitrogens with zero attached hydrogens (tertiary/aromatic N) is 6. The molecule has 0 radical (unpaired) electrons. The summed E-state index contributed by atoms with van der Waals surface area (Å²) in [4.78, 5) is 45.2. The highest BCUT2D eigenvalue weighted by Crippen LogP contribution is 2.49. The Morgan fingerprint density at radius 2 is 1.49 bits per heavy atom. The van der Waals surface area contributed by atoms with Crippen LogP contribution in [0.1, 0.15) is 91.1 Å². The van der Waals surface area contributed by atoms with Gasteiger partial charge in [0.2, 0.25) is 0 Å². The second kappa shape index (κ2) is 17.4. The average Bonchev–Trinajstić information content (AvgIpc) is 3.94. The van der Waals surface area contributed by atoms with Crippen LogP contribution in [0.5, 0.6) is 0 Å². The molecule has 0 N–H and O–H groups in total. The minimum atomic E-state index is -0.821. The number of carbonyl (C=O) groups excluding carboxylic acids is 2. The summed E-state index contributed by atoms with van der Waals surface area (Å²) in [5.74, 6) is -0.905. The molecule has 1 saturated carbocycles. The molecule has 5 aromatic rings. The third-order valence-corrected chi connectivity index (χ3v) is 11.5. The molecular formula is C46H58N6O6S. The molecule has 0 unspecified atom stereocenters. The first-order valence-electron chi connectivity index (χ1n) is 20.7. The maximum Gasteiger partial charge on any atom is 0.410 e. The summed E-state index contributed by atoms with van der Waals surface area (Å²) in [6.07, 6.45) is 6.87. The van der Waals surface area contributed by atoms with Crippen molar-refractivity contribution in [2.24, 2.45) is 5.92 Å². The average molecular weight is 823 g/mol. The fraction of sp³-hybridized carbons (Fsp3) is 0.500. The number of hydrogen-bond acceptors (Lipinski definition) is 10. The molecule has 2 aliphatic rings. The molecule has 314 valence electrons. The Morgan fingerprint density at radius 3 is 2.17 bits per heavy atom. The van der Waals surface area contributed by atoms with Gasteiger partial charge in [-0.3, -0.25) is 0 Å². The molecule has 4 heterocycles. The van der Waals surface area contributed by atoms with Gasteiger partial charge in [-0.25, -0.2) is 24.5 Å². The number of thiazole rings is 1. The largest absolute Gasteiger partial charge is 0.444 e. The van der Waals surface area contributed by atoms with Crippen molar-refractivity contribution < 1.29 is 28.5 Å². The highest BCUT2D eigenvalue weighted by atomic mass is 32.1. The Bertz CT molecular complexity index is 2190. The number of rotatable bonds is 13. The van der Waals surface area contributed by atoms with Gasteiger partial charge in [0.05, 0.1) is 17.8 Å². The first kappa shape index (κ1) is 42.3. The molecule has 0 spiro atoms. The zero-order chi connectivity index (χ0) is 42.0. The van der Waals surface area contributed by atoms with Crippen molar-refractivity contribution in [3.8, 4) is 10.6 Å². The first-order valence-corrected chi connectivity index (χ1v) is 21.5. The fourth-order valence-corrected chi connectivity index (χ4v) is 8.93. The molecular weight excluding hydrogens is 765 g/mol. The van der Waals surface area contributed by atoms with E-state index in [1.54, 1.807) is 27.5 Å². The van der Waals surface area contributed by atoms with E-state index in [2.05, 4.69) is 45.4 Å². The van der Waals surface area contributed by atoms with Gasteiger partial charge in [0.1, 0.15) is 34.3 Å². The molecule has 2 aromatic carbocycles. The smallest absolute Gasteiger partial charge is 0.410 e. The Labute approximate surface area is 351 Å². The highest BCUT2D eigenvalue weighted by Gasteiger charge is 2.55. The molecule has 1 aliphatic heterocycles. The van der Waals surface area contributed by atoms with Crippen LogP contribution in [-0.2, 0) is 31.8 Å². The van der Waals surface area contributed by atoms with Crippen molar-refractivity contribution in [2.75, 3.05) is 26.2 Å². The van der Waals surface area contributed by atoms with Crippen LogP contribution < -0.4 is 0 Å². The van der Waals surface area contributed by atoms with Gasteiger partial charge in [0, 0.05) is 67.2 Å². The van der Waals surface area contributed by atoms with Gasteiger partial charge >= 0.3 is 12.2 Å². The predicted octanol–water partition coefficient (Wildman–Crippen LogP) is 9.33. The maximum atomic E-state index is 14.0. The third kappa shape index (κ3) is 10.7. The van der Waals surface area contributed by atoms with Crippen molar-refractivity contribution in [1.82, 2.24) is 29.3 Å². The topological polar surface area (TPSA) is 121 Å². The van der Waals surface area contributed by atoms with Crippen LogP contribution >= 0.6 is 11.3 Å². The van der Waals surface area contributed by atoms with Gasteiger partial charge in [-0.2, -0.15) is 0 Å². The molecule has 2 amide bonds. The summed E-state index contributed by atoms with van der Waals surface area (Å²) < 4.78 is 27.3. The molecule has 1 aliphatic carbocycles. The predicted molar refractivity (Wildman–Crippen MR) is 229 cm³/mol. The zero-order valence-corrected chi connectivity index (χ0v) is 36.4. The number of ether oxygens (including phenoxy) is 4. The Hall–Kier alpha value is -4.85. The lowest BCUT2D eigenvalue weighted by Crippen LogP contribution is -2.44. The van der Waals surface area contributed by atoms with E-state index in [1.807, 2.05) is 98.0 Å². The lowest BCUT2D eigenvalue weighted by atomic mass is 10.0. The number of carbonyl (C=O) groups is 2. The quantitative estimate of drug-likeness (QED) is 0.114. The summed E-state index contributed by atoms with van der Waals surface area (Å²) in [6.45, 7) is 16.8. The van der Waals surface area contributed by atoms with Crippen LogP contribution in [0.25, 0.3) is 21.6 Å². The van der Waals surface area contributed by atoms with Crippen LogP contribution in [0, 0.1) is 5.92 Å². The molecule has 0 bridgehead atoms. The van der Waals surface area contributed by atoms with Crippen LogP contribution in [0.3, 0.4) is 0 Å². The number of fused-ring (bicyclic) bond motifs is 2. The van der Waals surface area contributed by atoms with Gasteiger partial charge in [0.25, 0.3) is 0 Å². The van der Waals surface area contributed by atoms with Gasteiger partial charge < -0.3 is 33.3 Å². The zero-order valence-electron chi connectivity index (χ0n) is 35.6. The van der Waals surface area contributed by atoms with Crippen LogP contribution in [-0.4, -0.2) is 96.9 Å². The van der Waals surface area contributed by atoms with Crippen LogP contribution in [0.15, 0.2) is 84.8 Å². The summed E-state index contributed by atoms with van der Waals surface area (Å²) in [6, 6.07) is 20.3. The minimum Gasteiger partial charge on any atom is -0.444 e. The van der Waals surface area contributed by atoms with E-state index in [9.17, 15) is 9.59 Å². The minimum absolute atomic E-state index is 0.0839. The molecule has 7 rings (SSSR count). The third-order valence-electron chi connectivity index (χ3n) is 10.5. The number of hydrogen-bond donors (Lipinski definition) is 0. The van der Waals surface area contributed by atoms with E-state index >= 15 is 0 Å². The van der Waals surface area contributed by atoms with Crippen molar-refractivity contribution in [3.05, 3.63) is 102 Å². The van der Waals surface area contributed by atoms with E-state index in [1.165, 1.54) is 5.56 Å². The van der Waals surface area contributed by atoms with Gasteiger partial charge in [-0.05, 0) is 85.8 Å². The van der Waals surface area contributed by atoms with Crippen molar-refractivity contribution >= 4 is 34.6 Å². The molecule has 2 fully saturated rings. The van der Waals surface area contributed by atoms with Gasteiger partial charge in [-0.1, -0.05) is 60.7 Å². The summed E-state index contributed by atoms with van der Waals surface area (Å²) >= 11 is 1.62. The number of aromatic nitrogens is 4. The lowest BCUT2D eigenvalue weighted by molar-refractivity contribution is -0.160. The SMILES string of the molecule is CC(C)(C)OC(=O)N(CCCN(C[C@H]1C[C@@H](n2cc(-c3nc(Cc4ccccc4)cs3)c3cncnc32)[C@@H]2OC(C)(C)O[C@H]12)C(=O)OC(C)(C)C)CCc1ccccc1. The number of benzene rings is 2. The standard InChI is InChI=1S/C46H58N6O6S/c1-44(2,3)57-42(53)50(23-20-31-16-11-9-12-17-31)21-15-22-51(43(54)58-45(4,5)6)27-33-25-37(39-38(33)55-46(7,8)56-39)52-28-36(35-26-47-30-48-40(35)52)41-49-34(29-59-41)24-32-18-13-10-14-19-32/h9-14,16-19,26,28-30,33,37-39H,15,20-25,27H2,1-8H3/t33-,37-,38-,39+/m1/s1. The van der Waals surface area contributed by atoms with E-state index < -0.39 is 23.1 Å². The van der Waals surface area contributed by atoms with E-state index in [0.717, 1.165) is 39.3 Å². The molecule has 12 nitrogen and oxygen atoms in total. The number of amides is 2. The highest BCUT2D eigenvalue weighted by molar-refractivity contribution is 7.13. The first-order chi connectivity index (χ1) is 28.0. The van der Waals surface area contributed by atoms with Crippen molar-refractivity contribution in [2.45, 2.75) is 116 Å². The molecule has 4 atom stereocenters. The monoisotopic (exact) mass is 822 g/mol. The molecule has 3 aromatic heterocycles. The van der Waals surface area contributed by atoms with E-state index in [-0.39, 0.29) is 30.3 Å². The summed E-state index contributed by atoms with van der Waals surface area (Å²) in [5, 5.41) is 3.95. The van der Waals surface area contributed by atoms with E-state index in [0.29, 0.717) is 45.4 Å². The van der Waals surface area contributed by atoms with Crippen LogP contribution in [0.4, 0.5) is 9.59 Å². The molecule has 13 heteroatoms. The summed E-state index contributed by atoms with van der Waals surface area (Å²) in [7, 11) is 0. The van der Waals surface area contributed by atoms with Gasteiger partial charge in [0.15, 0.2) is 5.79 Å². The second-order valence-electron chi connectivity index (χ2n) is 18.1. The molecule has 1 saturated heterocycles.